The summed E-state index contributed by atoms with van der Waals surface area (Å²) in [4.78, 5) is 12.9. The molecule has 0 atom stereocenters. The van der Waals surface area contributed by atoms with Crippen molar-refractivity contribution < 1.29 is 9.21 Å². The van der Waals surface area contributed by atoms with E-state index < -0.39 is 0 Å². The number of carbonyl (C=O) groups is 1. The fraction of sp³-hybridized carbons (Fsp3) is 0.303. The van der Waals surface area contributed by atoms with Crippen molar-refractivity contribution >= 4 is 11.6 Å². The van der Waals surface area contributed by atoms with Crippen molar-refractivity contribution in [2.45, 2.75) is 64.7 Å². The molecule has 1 aromatic heterocycles. The van der Waals surface area contributed by atoms with Crippen LogP contribution in [0.3, 0.4) is 0 Å². The molecule has 184 valence electrons. The molecule has 0 saturated heterocycles. The number of anilines is 1. The summed E-state index contributed by atoms with van der Waals surface area (Å²) in [7, 11) is 0. The Bertz CT molecular complexity index is 1410. The lowest BCUT2D eigenvalue weighted by molar-refractivity contribution is 0.0995. The first-order valence-corrected chi connectivity index (χ1v) is 12.8. The molecule has 4 aromatic rings. The molecule has 3 nitrogen and oxygen atoms in total. The number of hydrogen-bond acceptors (Lipinski definition) is 2. The van der Waals surface area contributed by atoms with Crippen LogP contribution in [0.25, 0.3) is 11.1 Å². The van der Waals surface area contributed by atoms with Gasteiger partial charge in [-0.25, -0.2) is 0 Å². The molecule has 0 saturated carbocycles. The number of rotatable bonds is 5. The van der Waals surface area contributed by atoms with Gasteiger partial charge >= 0.3 is 0 Å². The van der Waals surface area contributed by atoms with E-state index in [1.807, 2.05) is 48.5 Å². The highest BCUT2D eigenvalue weighted by Gasteiger charge is 2.37. The van der Waals surface area contributed by atoms with Gasteiger partial charge in [0.05, 0.1) is 0 Å². The summed E-state index contributed by atoms with van der Waals surface area (Å²) in [6, 6.07) is 26.5. The van der Waals surface area contributed by atoms with Crippen molar-refractivity contribution in [1.29, 1.82) is 0 Å². The average Bonchev–Trinajstić information content (AvgIpc) is 3.33. The van der Waals surface area contributed by atoms with Gasteiger partial charge in [0.15, 0.2) is 5.76 Å². The molecule has 0 aliphatic heterocycles. The van der Waals surface area contributed by atoms with Gasteiger partial charge in [-0.1, -0.05) is 82.3 Å². The van der Waals surface area contributed by atoms with E-state index in [0.29, 0.717) is 12.2 Å². The van der Waals surface area contributed by atoms with E-state index in [0.717, 1.165) is 22.6 Å². The molecule has 0 unspecified atom stereocenters. The van der Waals surface area contributed by atoms with Crippen molar-refractivity contribution in [2.24, 2.45) is 0 Å². The standard InChI is InChI=1S/C33H35NO2/c1-22-18-28-29(33(4,5)17-16-32(28,2)3)21-25(22)20-27-14-15-30(36-27)31(35)34-26-13-9-12-24(19-26)23-10-7-6-8-11-23/h6-15,18-19,21H,16-17,20H2,1-5H3,(H,34,35). The highest BCUT2D eigenvalue weighted by atomic mass is 16.3. The van der Waals surface area contributed by atoms with Crippen molar-refractivity contribution in [1.82, 2.24) is 0 Å². The van der Waals surface area contributed by atoms with Crippen LogP contribution in [0.15, 0.2) is 83.3 Å². The summed E-state index contributed by atoms with van der Waals surface area (Å²) < 4.78 is 6.02. The van der Waals surface area contributed by atoms with Gasteiger partial charge in [0.1, 0.15) is 5.76 Å². The fourth-order valence-corrected chi connectivity index (χ4v) is 5.34. The Morgan fingerprint density at radius 1 is 0.806 bits per heavy atom. The number of aryl methyl sites for hydroxylation is 1. The first-order valence-electron chi connectivity index (χ1n) is 12.8. The van der Waals surface area contributed by atoms with Crippen LogP contribution in [0.5, 0.6) is 0 Å². The fourth-order valence-electron chi connectivity index (χ4n) is 5.34. The van der Waals surface area contributed by atoms with Crippen LogP contribution in [0.1, 0.15) is 79.1 Å². The van der Waals surface area contributed by atoms with Gasteiger partial charge in [-0.15, -0.1) is 0 Å². The van der Waals surface area contributed by atoms with Gasteiger partial charge < -0.3 is 9.73 Å². The van der Waals surface area contributed by atoms with Gasteiger partial charge in [-0.05, 0) is 88.2 Å². The molecule has 0 bridgehead atoms. The number of hydrogen-bond donors (Lipinski definition) is 1. The summed E-state index contributed by atoms with van der Waals surface area (Å²) in [6.07, 6.45) is 3.06. The third-order valence-corrected chi connectivity index (χ3v) is 7.79. The van der Waals surface area contributed by atoms with Gasteiger partial charge in [-0.3, -0.25) is 4.79 Å². The molecule has 1 heterocycles. The summed E-state index contributed by atoms with van der Waals surface area (Å²) in [5.41, 5.74) is 8.73. The molecule has 1 aliphatic rings. The monoisotopic (exact) mass is 477 g/mol. The van der Waals surface area contributed by atoms with Crippen LogP contribution in [0, 0.1) is 6.92 Å². The van der Waals surface area contributed by atoms with Crippen LogP contribution in [0.4, 0.5) is 5.69 Å². The van der Waals surface area contributed by atoms with E-state index in [1.165, 1.54) is 35.1 Å². The zero-order valence-electron chi connectivity index (χ0n) is 21.9. The smallest absolute Gasteiger partial charge is 0.291 e. The molecular formula is C33H35NO2. The molecule has 5 rings (SSSR count). The number of amides is 1. The van der Waals surface area contributed by atoms with E-state index >= 15 is 0 Å². The Hall–Kier alpha value is -3.59. The second-order valence-corrected chi connectivity index (χ2v) is 11.4. The second kappa shape index (κ2) is 9.13. The van der Waals surface area contributed by atoms with Crippen LogP contribution in [-0.2, 0) is 17.3 Å². The summed E-state index contributed by atoms with van der Waals surface area (Å²) in [6.45, 7) is 11.6. The molecule has 3 aromatic carbocycles. The first-order chi connectivity index (χ1) is 17.1. The Labute approximate surface area is 214 Å². The Kier molecular flexibility index (Phi) is 6.12. The lowest BCUT2D eigenvalue weighted by Crippen LogP contribution is -2.34. The molecule has 3 heteroatoms. The molecule has 1 amide bonds. The van der Waals surface area contributed by atoms with E-state index in [-0.39, 0.29) is 16.7 Å². The number of carbonyl (C=O) groups excluding carboxylic acids is 1. The highest BCUT2D eigenvalue weighted by molar-refractivity contribution is 6.02. The molecule has 0 fully saturated rings. The maximum atomic E-state index is 12.9. The van der Waals surface area contributed by atoms with Crippen LogP contribution in [-0.4, -0.2) is 5.91 Å². The van der Waals surface area contributed by atoms with Crippen molar-refractivity contribution in [3.05, 3.63) is 113 Å². The third kappa shape index (κ3) is 4.75. The minimum atomic E-state index is -0.239. The maximum absolute atomic E-state index is 12.9. The second-order valence-electron chi connectivity index (χ2n) is 11.4. The summed E-state index contributed by atoms with van der Waals surface area (Å²) in [5, 5.41) is 2.98. The number of furan rings is 1. The van der Waals surface area contributed by atoms with Crippen molar-refractivity contribution in [2.75, 3.05) is 5.32 Å². The molecule has 1 aliphatic carbocycles. The summed E-state index contributed by atoms with van der Waals surface area (Å²) in [5.74, 6) is 0.887. The molecule has 1 N–H and O–H groups in total. The average molecular weight is 478 g/mol. The van der Waals surface area contributed by atoms with Crippen LogP contribution < -0.4 is 5.32 Å². The molecule has 0 radical (unpaired) electrons. The normalized spacial score (nSPS) is 15.8. The van der Waals surface area contributed by atoms with Gasteiger partial charge in [0, 0.05) is 12.1 Å². The highest BCUT2D eigenvalue weighted by Crippen LogP contribution is 2.46. The largest absolute Gasteiger partial charge is 0.456 e. The zero-order chi connectivity index (χ0) is 25.5. The van der Waals surface area contributed by atoms with Crippen molar-refractivity contribution in [3.8, 4) is 11.1 Å². The summed E-state index contributed by atoms with van der Waals surface area (Å²) >= 11 is 0. The van der Waals surface area contributed by atoms with Crippen LogP contribution >= 0.6 is 0 Å². The van der Waals surface area contributed by atoms with E-state index in [1.54, 1.807) is 6.07 Å². The molecule has 36 heavy (non-hydrogen) atoms. The minimum absolute atomic E-state index is 0.163. The Morgan fingerprint density at radius 3 is 2.19 bits per heavy atom. The van der Waals surface area contributed by atoms with Gasteiger partial charge in [0.2, 0.25) is 0 Å². The van der Waals surface area contributed by atoms with Gasteiger partial charge in [0.25, 0.3) is 5.91 Å². The quantitative estimate of drug-likeness (QED) is 0.313. The van der Waals surface area contributed by atoms with E-state index in [2.05, 4.69) is 64.2 Å². The van der Waals surface area contributed by atoms with E-state index in [9.17, 15) is 4.79 Å². The lowest BCUT2D eigenvalue weighted by Gasteiger charge is -2.42. The number of benzene rings is 3. The van der Waals surface area contributed by atoms with Crippen LogP contribution in [0.2, 0.25) is 0 Å². The topological polar surface area (TPSA) is 42.2 Å². The first kappa shape index (κ1) is 24.1. The predicted molar refractivity (Wildman–Crippen MR) is 148 cm³/mol. The van der Waals surface area contributed by atoms with Gasteiger partial charge in [-0.2, -0.15) is 0 Å². The Morgan fingerprint density at radius 2 is 1.47 bits per heavy atom. The molecule has 0 spiro atoms. The predicted octanol–water partition coefficient (Wildman–Crippen LogP) is 8.45. The number of nitrogens with one attached hydrogen (secondary N) is 1. The zero-order valence-corrected chi connectivity index (χ0v) is 21.9. The molecular weight excluding hydrogens is 442 g/mol. The maximum Gasteiger partial charge on any atom is 0.291 e. The lowest BCUT2D eigenvalue weighted by atomic mass is 9.62. The third-order valence-electron chi connectivity index (χ3n) is 7.79. The van der Waals surface area contributed by atoms with E-state index in [4.69, 9.17) is 4.42 Å². The van der Waals surface area contributed by atoms with Crippen molar-refractivity contribution in [3.63, 3.8) is 0 Å². The SMILES string of the molecule is Cc1cc2c(cc1Cc1ccc(C(=O)Nc3cccc(-c4ccccc4)c3)o1)C(C)(C)CCC2(C)C. The minimum Gasteiger partial charge on any atom is -0.456 e. The Balaban J connectivity index is 1.34. The number of fused-ring (bicyclic) bond motifs is 1.